The number of imidazole rings is 2. The van der Waals surface area contributed by atoms with Crippen molar-refractivity contribution in [2.24, 2.45) is 23.7 Å². The topological polar surface area (TPSA) is 175 Å². The zero-order chi connectivity index (χ0) is 50.8. The molecule has 72 heavy (non-hydrogen) atoms. The highest BCUT2D eigenvalue weighted by atomic mass is 16.5. The third kappa shape index (κ3) is 10.5. The second-order valence-corrected chi connectivity index (χ2v) is 20.9. The monoisotopic (exact) mass is 973 g/mol. The maximum absolute atomic E-state index is 13.8. The standard InChI is InChI=1S/C58H68N8O6/c1-33(2)51(63-57(69)71-7)55(67)65-31-35(5)25-49(65)53-59-29-47(61-53)43-21-17-41(18-22-43)45-27-37-9-13-39(45)15-11-38-10-14-40(16-12-37)46(28-38)42-19-23-44(24-20-42)48-30-60-54(62-48)50-26-36(6)32-66(50)56(68)52(34(3)4)64-58(70)72-8/h9-10,13-14,17-24,27-30,33-36,49-52H,11-12,15-16,25-26,31-32H2,1-8H3,(H,59,61)(H,60,62)(H,63,69)(H,64,70)/t35-,36-,49+,50+,51+,52+/m1/s1. The first-order valence-electron chi connectivity index (χ1n) is 25.5. The number of rotatable bonds is 12. The number of nitrogens with zero attached hydrogens (tertiary/aromatic N) is 4. The van der Waals surface area contributed by atoms with Crippen molar-refractivity contribution in [3.05, 3.63) is 131 Å². The van der Waals surface area contributed by atoms with Gasteiger partial charge in [-0.2, -0.15) is 0 Å². The molecular formula is C58H68N8O6. The number of benzene rings is 4. The normalized spacial score (nSPS) is 19.5. The van der Waals surface area contributed by atoms with E-state index in [0.29, 0.717) is 13.1 Å². The fourth-order valence-electron chi connectivity index (χ4n) is 10.9. The van der Waals surface area contributed by atoms with Crippen LogP contribution in [0.25, 0.3) is 44.8 Å². The Morgan fingerprint density at radius 3 is 1.29 bits per heavy atom. The molecule has 6 atom stereocenters. The Labute approximate surface area is 422 Å². The molecule has 0 unspecified atom stereocenters. The van der Waals surface area contributed by atoms with E-state index < -0.39 is 24.3 Å². The van der Waals surface area contributed by atoms with Crippen LogP contribution in [0.5, 0.6) is 0 Å². The van der Waals surface area contributed by atoms with Gasteiger partial charge in [0.1, 0.15) is 23.7 Å². The van der Waals surface area contributed by atoms with Crippen LogP contribution in [0.3, 0.4) is 0 Å². The molecule has 14 heteroatoms. The first kappa shape index (κ1) is 49.7. The molecule has 6 aliphatic rings. The Morgan fingerprint density at radius 1 is 0.556 bits per heavy atom. The van der Waals surface area contributed by atoms with Crippen molar-refractivity contribution in [1.29, 1.82) is 0 Å². The van der Waals surface area contributed by atoms with Gasteiger partial charge in [0.15, 0.2) is 0 Å². The molecule has 4 bridgehead atoms. The second kappa shape index (κ2) is 21.2. The average Bonchev–Trinajstić information content (AvgIpc) is 4.22. The van der Waals surface area contributed by atoms with Crippen molar-refractivity contribution in [3.8, 4) is 44.8 Å². The van der Waals surface area contributed by atoms with E-state index in [-0.39, 0.29) is 47.6 Å². The lowest BCUT2D eigenvalue weighted by Crippen LogP contribution is -2.51. The molecule has 2 aromatic heterocycles. The van der Waals surface area contributed by atoms with E-state index in [0.717, 1.165) is 83.8 Å². The molecule has 14 nitrogen and oxygen atoms in total. The van der Waals surface area contributed by atoms with Gasteiger partial charge in [0.05, 0.1) is 37.7 Å². The number of ether oxygens (including phenoxy) is 2. The van der Waals surface area contributed by atoms with Gasteiger partial charge in [-0.1, -0.05) is 126 Å². The lowest BCUT2D eigenvalue weighted by atomic mass is 9.87. The van der Waals surface area contributed by atoms with E-state index in [1.807, 2.05) is 49.9 Å². The molecule has 376 valence electrons. The lowest BCUT2D eigenvalue weighted by Gasteiger charge is -2.30. The minimum Gasteiger partial charge on any atom is -0.453 e. The Morgan fingerprint density at radius 2 is 0.931 bits per heavy atom. The SMILES string of the molecule is COC(=O)N[C@H](C(=O)N1C[C@H](C)C[C@H]1c1nc(-c2ccc(-c3cc4ccc3CCc3ccc(c(-c5ccc(-c6c[nH]c([C@@H]7C[C@@H](C)CN7C(=O)[C@@H](NC(=O)OC)C(C)C)n6)cc5)c3)CC4)cc2)c[nH]1)C(C)C. The highest BCUT2D eigenvalue weighted by molar-refractivity contribution is 5.87. The van der Waals surface area contributed by atoms with Crippen LogP contribution in [0, 0.1) is 23.7 Å². The number of aromatic amines is 2. The number of methoxy groups -OCH3 is 2. The van der Waals surface area contributed by atoms with Crippen LogP contribution >= 0.6 is 0 Å². The van der Waals surface area contributed by atoms with Crippen LogP contribution in [0.1, 0.15) is 100 Å². The van der Waals surface area contributed by atoms with E-state index in [9.17, 15) is 19.2 Å². The minimum absolute atomic E-state index is 0.112. The molecule has 6 aromatic rings. The van der Waals surface area contributed by atoms with Crippen molar-refractivity contribution < 1.29 is 28.7 Å². The number of likely N-dealkylation sites (tertiary alicyclic amines) is 2. The van der Waals surface area contributed by atoms with Crippen molar-refractivity contribution in [2.45, 2.75) is 104 Å². The third-order valence-corrected chi connectivity index (χ3v) is 14.9. The predicted molar refractivity (Wildman–Crippen MR) is 279 cm³/mol. The number of hydrogen-bond acceptors (Lipinski definition) is 8. The number of aryl methyl sites for hydroxylation is 4. The Hall–Kier alpha value is -7.22. The lowest BCUT2D eigenvalue weighted by molar-refractivity contribution is -0.136. The summed E-state index contributed by atoms with van der Waals surface area (Å²) in [5.41, 5.74) is 13.6. The van der Waals surface area contributed by atoms with Gasteiger partial charge in [0.2, 0.25) is 11.8 Å². The maximum atomic E-state index is 13.8. The molecule has 0 radical (unpaired) electrons. The summed E-state index contributed by atoms with van der Waals surface area (Å²) in [6.07, 6.45) is 7.74. The molecular weight excluding hydrogens is 905 g/mol. The summed E-state index contributed by atoms with van der Waals surface area (Å²) in [5, 5.41) is 5.48. The zero-order valence-electron chi connectivity index (χ0n) is 42.8. The van der Waals surface area contributed by atoms with E-state index in [1.165, 1.54) is 47.6 Å². The third-order valence-electron chi connectivity index (χ3n) is 14.9. The molecule has 0 saturated carbocycles. The smallest absolute Gasteiger partial charge is 0.407 e. The van der Waals surface area contributed by atoms with E-state index in [1.54, 1.807) is 0 Å². The number of H-pyrrole nitrogens is 2. The Kier molecular flexibility index (Phi) is 14.7. The Bertz CT molecular complexity index is 2720. The summed E-state index contributed by atoms with van der Waals surface area (Å²) in [6, 6.07) is 29.4. The molecule has 0 spiro atoms. The number of alkyl carbamates (subject to hydrolysis) is 2. The van der Waals surface area contributed by atoms with Gasteiger partial charge >= 0.3 is 12.2 Å². The van der Waals surface area contributed by atoms with Gasteiger partial charge in [-0.25, -0.2) is 19.6 Å². The number of carbonyl (C=O) groups is 4. The van der Waals surface area contributed by atoms with Gasteiger partial charge in [-0.15, -0.1) is 0 Å². The number of hydrogen-bond donors (Lipinski definition) is 4. The molecule has 4 heterocycles. The van der Waals surface area contributed by atoms with Crippen LogP contribution < -0.4 is 10.6 Å². The van der Waals surface area contributed by atoms with Crippen LogP contribution in [-0.2, 0) is 44.7 Å². The first-order chi connectivity index (χ1) is 34.7. The summed E-state index contributed by atoms with van der Waals surface area (Å²) < 4.78 is 9.65. The van der Waals surface area contributed by atoms with Crippen molar-refractivity contribution in [3.63, 3.8) is 0 Å². The number of amides is 4. The zero-order valence-corrected chi connectivity index (χ0v) is 42.8. The van der Waals surface area contributed by atoms with Crippen LogP contribution in [0.2, 0.25) is 0 Å². The second-order valence-electron chi connectivity index (χ2n) is 20.9. The van der Waals surface area contributed by atoms with Gasteiger partial charge in [-0.05, 0) is 107 Å². The van der Waals surface area contributed by atoms with Crippen LogP contribution in [-0.4, -0.2) is 93.1 Å². The molecule has 2 aliphatic heterocycles. The average molecular weight is 973 g/mol. The van der Waals surface area contributed by atoms with Gasteiger partial charge in [-0.3, -0.25) is 9.59 Å². The number of nitrogens with one attached hydrogen (secondary N) is 4. The quantitative estimate of drug-likeness (QED) is 0.0937. The molecule has 4 aliphatic carbocycles. The minimum atomic E-state index is -0.698. The molecule has 4 aromatic carbocycles. The maximum Gasteiger partial charge on any atom is 0.407 e. The molecule has 2 fully saturated rings. The summed E-state index contributed by atoms with van der Waals surface area (Å²) >= 11 is 0. The van der Waals surface area contributed by atoms with Gasteiger partial charge in [0.25, 0.3) is 0 Å². The van der Waals surface area contributed by atoms with Crippen LogP contribution in [0.4, 0.5) is 9.59 Å². The Balaban J connectivity index is 0.881. The molecule has 2 saturated heterocycles. The van der Waals surface area contributed by atoms with Gasteiger partial charge < -0.3 is 39.9 Å². The van der Waals surface area contributed by atoms with E-state index in [2.05, 4.69) is 119 Å². The first-order valence-corrected chi connectivity index (χ1v) is 25.5. The number of carbonyl (C=O) groups excluding carboxylic acids is 4. The molecule has 12 rings (SSSR count). The largest absolute Gasteiger partial charge is 0.453 e. The van der Waals surface area contributed by atoms with Crippen molar-refractivity contribution in [2.75, 3.05) is 27.3 Å². The highest BCUT2D eigenvalue weighted by Crippen LogP contribution is 2.39. The summed E-state index contributed by atoms with van der Waals surface area (Å²) in [7, 11) is 2.61. The number of aromatic nitrogens is 4. The molecule has 4 amide bonds. The van der Waals surface area contributed by atoms with Crippen molar-refractivity contribution >= 4 is 24.0 Å². The summed E-state index contributed by atoms with van der Waals surface area (Å²) in [5.74, 6) is 1.56. The fourth-order valence-corrected chi connectivity index (χ4v) is 10.9. The summed E-state index contributed by atoms with van der Waals surface area (Å²) in [4.78, 5) is 72.5. The van der Waals surface area contributed by atoms with Crippen LogP contribution in [0.15, 0.2) is 97.3 Å². The fraction of sp³-hybridized carbons (Fsp3) is 0.414. The van der Waals surface area contributed by atoms with E-state index >= 15 is 0 Å². The van der Waals surface area contributed by atoms with Gasteiger partial charge in [0, 0.05) is 36.6 Å². The summed E-state index contributed by atoms with van der Waals surface area (Å²) in [6.45, 7) is 13.1. The molecule has 4 N–H and O–H groups in total. The highest BCUT2D eigenvalue weighted by Gasteiger charge is 2.42. The van der Waals surface area contributed by atoms with Crippen molar-refractivity contribution in [1.82, 2.24) is 40.4 Å². The predicted octanol–water partition coefficient (Wildman–Crippen LogP) is 10.3. The van der Waals surface area contributed by atoms with E-state index in [4.69, 9.17) is 19.4 Å².